The highest BCUT2D eigenvalue weighted by molar-refractivity contribution is 7.89. The summed E-state index contributed by atoms with van der Waals surface area (Å²) in [5, 5.41) is 2.46. The van der Waals surface area contributed by atoms with E-state index >= 15 is 0 Å². The van der Waals surface area contributed by atoms with Gasteiger partial charge in [0.1, 0.15) is 4.90 Å². The van der Waals surface area contributed by atoms with E-state index in [1.165, 1.54) is 15.6 Å². The number of nitrogens with zero attached hydrogens (tertiary/aromatic N) is 1. The fourth-order valence-electron chi connectivity index (χ4n) is 2.65. The third-order valence-electron chi connectivity index (χ3n) is 3.95. The van der Waals surface area contributed by atoms with E-state index in [0.717, 1.165) is 15.6 Å². The maximum atomic E-state index is 13.1. The van der Waals surface area contributed by atoms with Gasteiger partial charge in [0.2, 0.25) is 10.0 Å². The normalized spacial score (nSPS) is 13.5. The molecule has 0 saturated carbocycles. The van der Waals surface area contributed by atoms with Crippen LogP contribution in [0.4, 0.5) is 0 Å². The predicted molar refractivity (Wildman–Crippen MR) is 95.0 cm³/mol. The van der Waals surface area contributed by atoms with E-state index in [-0.39, 0.29) is 12.6 Å². The van der Waals surface area contributed by atoms with E-state index in [1.54, 1.807) is 12.4 Å². The zero-order chi connectivity index (χ0) is 16.4. The van der Waals surface area contributed by atoms with Crippen molar-refractivity contribution in [3.8, 4) is 0 Å². The summed E-state index contributed by atoms with van der Waals surface area (Å²) in [7, 11) is -2.03. The summed E-state index contributed by atoms with van der Waals surface area (Å²) < 4.78 is 28.4. The number of benzene rings is 2. The molecule has 0 radical (unpaired) electrons. The van der Waals surface area contributed by atoms with Gasteiger partial charge in [-0.2, -0.15) is 4.31 Å². The predicted octanol–water partition coefficient (Wildman–Crippen LogP) is 3.22. The van der Waals surface area contributed by atoms with E-state index in [9.17, 15) is 8.42 Å². The topological polar surface area (TPSA) is 63.4 Å². The second-order valence-corrected chi connectivity index (χ2v) is 8.16. The molecule has 0 saturated heterocycles. The Morgan fingerprint density at radius 3 is 2.43 bits per heavy atom. The van der Waals surface area contributed by atoms with Crippen molar-refractivity contribution in [2.75, 3.05) is 13.6 Å². The van der Waals surface area contributed by atoms with Crippen LogP contribution in [0.1, 0.15) is 11.6 Å². The molecule has 1 aromatic heterocycles. The van der Waals surface area contributed by atoms with Crippen molar-refractivity contribution >= 4 is 31.4 Å². The Morgan fingerprint density at radius 1 is 1.09 bits per heavy atom. The van der Waals surface area contributed by atoms with E-state index in [0.29, 0.717) is 4.90 Å². The molecular formula is C17H18N2O2S2. The van der Waals surface area contributed by atoms with Crippen LogP contribution in [0.15, 0.2) is 64.9 Å². The first-order valence-electron chi connectivity index (χ1n) is 7.25. The fourth-order valence-corrected chi connectivity index (χ4v) is 5.47. The van der Waals surface area contributed by atoms with Crippen LogP contribution in [0.5, 0.6) is 0 Å². The summed E-state index contributed by atoms with van der Waals surface area (Å²) in [5.74, 6) is 0. The Hall–Kier alpha value is -1.73. The van der Waals surface area contributed by atoms with Gasteiger partial charge in [-0.05, 0) is 11.6 Å². The fraction of sp³-hybridized carbons (Fsp3) is 0.176. The first-order chi connectivity index (χ1) is 11.1. The summed E-state index contributed by atoms with van der Waals surface area (Å²) in [6, 6.07) is 16.6. The molecule has 0 aliphatic heterocycles. The molecule has 1 heterocycles. The number of hydrogen-bond acceptors (Lipinski definition) is 4. The first kappa shape index (κ1) is 16.1. The van der Waals surface area contributed by atoms with Gasteiger partial charge in [0, 0.05) is 29.1 Å². The molecule has 1 atom stereocenters. The zero-order valence-electron chi connectivity index (χ0n) is 12.7. The number of thiophene rings is 1. The van der Waals surface area contributed by atoms with Gasteiger partial charge in [-0.1, -0.05) is 48.5 Å². The summed E-state index contributed by atoms with van der Waals surface area (Å²) in [6.45, 7) is 0.224. The van der Waals surface area contributed by atoms with Crippen molar-refractivity contribution in [3.05, 3.63) is 65.5 Å². The standard InChI is InChI=1S/C17H18N2O2S2/c1-19(15(11-18)13-7-3-2-4-8-13)23(20,21)17-12-22-16-10-6-5-9-14(16)17/h2-10,12,15H,11,18H2,1H3. The number of hydrogen-bond donors (Lipinski definition) is 1. The van der Waals surface area contributed by atoms with Gasteiger partial charge in [-0.25, -0.2) is 8.42 Å². The van der Waals surface area contributed by atoms with Crippen LogP contribution in [-0.2, 0) is 10.0 Å². The minimum absolute atomic E-state index is 0.224. The Balaban J connectivity index is 2.04. The maximum absolute atomic E-state index is 13.1. The van der Waals surface area contributed by atoms with Gasteiger partial charge in [0.25, 0.3) is 0 Å². The summed E-state index contributed by atoms with van der Waals surface area (Å²) in [6.07, 6.45) is 0. The smallest absolute Gasteiger partial charge is 0.244 e. The molecule has 120 valence electrons. The molecule has 1 unspecified atom stereocenters. The van der Waals surface area contributed by atoms with Crippen LogP contribution in [0, 0.1) is 0 Å². The van der Waals surface area contributed by atoms with Crippen LogP contribution in [0.3, 0.4) is 0 Å². The van der Waals surface area contributed by atoms with Gasteiger partial charge < -0.3 is 5.73 Å². The number of likely N-dealkylation sites (N-methyl/N-ethyl adjacent to an activating group) is 1. The molecule has 0 aliphatic carbocycles. The third kappa shape index (κ3) is 2.90. The molecule has 23 heavy (non-hydrogen) atoms. The van der Waals surface area contributed by atoms with Crippen LogP contribution < -0.4 is 5.73 Å². The second kappa shape index (κ2) is 6.41. The number of fused-ring (bicyclic) bond motifs is 1. The lowest BCUT2D eigenvalue weighted by Gasteiger charge is -2.26. The first-order valence-corrected chi connectivity index (χ1v) is 9.57. The summed E-state index contributed by atoms with van der Waals surface area (Å²) in [5.41, 5.74) is 6.75. The van der Waals surface area contributed by atoms with Crippen molar-refractivity contribution in [3.63, 3.8) is 0 Å². The van der Waals surface area contributed by atoms with Crippen molar-refractivity contribution in [2.45, 2.75) is 10.9 Å². The molecule has 0 amide bonds. The van der Waals surface area contributed by atoms with Crippen LogP contribution >= 0.6 is 11.3 Å². The Bertz CT molecular complexity index is 905. The molecular weight excluding hydrogens is 328 g/mol. The molecule has 6 heteroatoms. The van der Waals surface area contributed by atoms with E-state index in [4.69, 9.17) is 5.73 Å². The van der Waals surface area contributed by atoms with Gasteiger partial charge in [-0.15, -0.1) is 11.3 Å². The van der Waals surface area contributed by atoms with Gasteiger partial charge in [-0.3, -0.25) is 0 Å². The number of nitrogens with two attached hydrogens (primary N) is 1. The lowest BCUT2D eigenvalue weighted by atomic mass is 10.1. The molecule has 3 rings (SSSR count). The van der Waals surface area contributed by atoms with Gasteiger partial charge >= 0.3 is 0 Å². The molecule has 2 N–H and O–H groups in total. The van der Waals surface area contributed by atoms with Crippen LogP contribution in [0.2, 0.25) is 0 Å². The van der Waals surface area contributed by atoms with Crippen LogP contribution in [-0.4, -0.2) is 26.3 Å². The highest BCUT2D eigenvalue weighted by Gasteiger charge is 2.30. The average Bonchev–Trinajstić information content (AvgIpc) is 3.01. The molecule has 0 bridgehead atoms. The highest BCUT2D eigenvalue weighted by Crippen LogP contribution is 2.33. The van der Waals surface area contributed by atoms with Crippen molar-refractivity contribution in [1.29, 1.82) is 0 Å². The van der Waals surface area contributed by atoms with Gasteiger partial charge in [0.15, 0.2) is 0 Å². The van der Waals surface area contributed by atoms with Gasteiger partial charge in [0.05, 0.1) is 6.04 Å². The monoisotopic (exact) mass is 346 g/mol. The minimum atomic E-state index is -3.62. The molecule has 0 spiro atoms. The lowest BCUT2D eigenvalue weighted by Crippen LogP contribution is -2.35. The minimum Gasteiger partial charge on any atom is -0.329 e. The summed E-state index contributed by atoms with van der Waals surface area (Å²) in [4.78, 5) is 0.343. The Labute approximate surface area is 140 Å². The molecule has 0 aliphatic rings. The molecule has 4 nitrogen and oxygen atoms in total. The third-order valence-corrected chi connectivity index (χ3v) is 6.97. The maximum Gasteiger partial charge on any atom is 0.244 e. The average molecular weight is 346 g/mol. The largest absolute Gasteiger partial charge is 0.329 e. The van der Waals surface area contributed by atoms with Crippen molar-refractivity contribution < 1.29 is 8.42 Å². The Kier molecular flexibility index (Phi) is 4.50. The number of rotatable bonds is 5. The Morgan fingerprint density at radius 2 is 1.74 bits per heavy atom. The molecule has 0 fully saturated rings. The zero-order valence-corrected chi connectivity index (χ0v) is 14.3. The number of sulfonamides is 1. The van der Waals surface area contributed by atoms with E-state index in [1.807, 2.05) is 54.6 Å². The highest BCUT2D eigenvalue weighted by atomic mass is 32.2. The second-order valence-electron chi connectivity index (χ2n) is 5.28. The SMILES string of the molecule is CN(C(CN)c1ccccc1)S(=O)(=O)c1csc2ccccc12. The van der Waals surface area contributed by atoms with Crippen molar-refractivity contribution in [2.24, 2.45) is 5.73 Å². The van der Waals surface area contributed by atoms with E-state index in [2.05, 4.69) is 0 Å². The lowest BCUT2D eigenvalue weighted by molar-refractivity contribution is 0.382. The molecule has 3 aromatic rings. The quantitative estimate of drug-likeness (QED) is 0.771. The van der Waals surface area contributed by atoms with E-state index < -0.39 is 10.0 Å². The summed E-state index contributed by atoms with van der Waals surface area (Å²) >= 11 is 1.44. The van der Waals surface area contributed by atoms with Crippen molar-refractivity contribution in [1.82, 2.24) is 4.31 Å². The molecule has 2 aromatic carbocycles. The van der Waals surface area contributed by atoms with Crippen LogP contribution in [0.25, 0.3) is 10.1 Å².